The summed E-state index contributed by atoms with van der Waals surface area (Å²) in [6, 6.07) is -1.39. The van der Waals surface area contributed by atoms with E-state index in [1.165, 1.54) is 0 Å². The lowest BCUT2D eigenvalue weighted by atomic mass is 9.87. The van der Waals surface area contributed by atoms with Gasteiger partial charge in [-0.1, -0.05) is 27.7 Å². The highest BCUT2D eigenvalue weighted by atomic mass is 16.5. The van der Waals surface area contributed by atoms with Gasteiger partial charge in [0, 0.05) is 19.6 Å². The number of carbonyl (C=O) groups excluding carboxylic acids is 3. The van der Waals surface area contributed by atoms with Crippen LogP contribution in [0.5, 0.6) is 0 Å². The number of nitrogens with one attached hydrogen (secondary N) is 1. The van der Waals surface area contributed by atoms with Gasteiger partial charge in [-0.25, -0.2) is 14.5 Å². The Morgan fingerprint density at radius 2 is 1.72 bits per heavy atom. The standard InChI is InChI=1S/C18H31N3O4/c1-12(2)10-20-8-6-18(7-9-20)16(23)21(17(24)19-18)14(5)15(22)25-11-13(3)4/h12-14H,6-11H2,1-5H3,(H,19,24). The van der Waals surface area contributed by atoms with Crippen molar-refractivity contribution in [2.24, 2.45) is 11.8 Å². The highest BCUT2D eigenvalue weighted by molar-refractivity contribution is 6.09. The van der Waals surface area contributed by atoms with Gasteiger partial charge >= 0.3 is 12.0 Å². The second-order valence-corrected chi connectivity index (χ2v) is 8.08. The number of carbonyl (C=O) groups is 3. The Labute approximate surface area is 150 Å². The minimum atomic E-state index is -0.903. The van der Waals surface area contributed by atoms with Gasteiger partial charge in [0.15, 0.2) is 0 Å². The average molecular weight is 353 g/mol. The van der Waals surface area contributed by atoms with Crippen molar-refractivity contribution in [3.05, 3.63) is 0 Å². The predicted molar refractivity (Wildman–Crippen MR) is 93.9 cm³/mol. The van der Waals surface area contributed by atoms with Gasteiger partial charge in [0.2, 0.25) is 0 Å². The largest absolute Gasteiger partial charge is 0.464 e. The van der Waals surface area contributed by atoms with Gasteiger partial charge in [0.1, 0.15) is 11.6 Å². The number of ether oxygens (including phenoxy) is 1. The van der Waals surface area contributed by atoms with Gasteiger partial charge in [-0.3, -0.25) is 4.79 Å². The van der Waals surface area contributed by atoms with Crippen LogP contribution in [0, 0.1) is 11.8 Å². The second kappa shape index (κ2) is 7.72. The molecule has 0 aliphatic carbocycles. The average Bonchev–Trinajstić information content (AvgIpc) is 2.77. The van der Waals surface area contributed by atoms with Crippen LogP contribution in [-0.4, -0.2) is 65.5 Å². The monoisotopic (exact) mass is 353 g/mol. The van der Waals surface area contributed by atoms with Crippen molar-refractivity contribution in [2.75, 3.05) is 26.2 Å². The fraction of sp³-hybridized carbons (Fsp3) is 0.833. The van der Waals surface area contributed by atoms with E-state index in [2.05, 4.69) is 24.1 Å². The first-order valence-electron chi connectivity index (χ1n) is 9.21. The molecule has 1 unspecified atom stereocenters. The number of nitrogens with zero attached hydrogens (tertiary/aromatic N) is 2. The number of hydrogen-bond donors (Lipinski definition) is 1. The van der Waals surface area contributed by atoms with E-state index < -0.39 is 23.6 Å². The fourth-order valence-electron chi connectivity index (χ4n) is 3.44. The smallest absolute Gasteiger partial charge is 0.329 e. The molecule has 2 rings (SSSR count). The Balaban J connectivity index is 2.01. The van der Waals surface area contributed by atoms with Crippen molar-refractivity contribution in [1.29, 1.82) is 0 Å². The van der Waals surface area contributed by atoms with E-state index >= 15 is 0 Å². The van der Waals surface area contributed by atoms with Gasteiger partial charge in [-0.2, -0.15) is 0 Å². The molecule has 2 aliphatic heterocycles. The Kier molecular flexibility index (Phi) is 6.08. The first-order valence-corrected chi connectivity index (χ1v) is 9.21. The van der Waals surface area contributed by atoms with Crippen LogP contribution in [0.2, 0.25) is 0 Å². The molecule has 7 heteroatoms. The van der Waals surface area contributed by atoms with E-state index in [1.54, 1.807) is 6.92 Å². The molecule has 0 aromatic rings. The lowest BCUT2D eigenvalue weighted by molar-refractivity contribution is -0.153. The first kappa shape index (κ1) is 19.7. The topological polar surface area (TPSA) is 79.0 Å². The summed E-state index contributed by atoms with van der Waals surface area (Å²) in [6.07, 6.45) is 1.16. The van der Waals surface area contributed by atoms with Gasteiger partial charge in [0.25, 0.3) is 5.91 Å². The maximum absolute atomic E-state index is 12.9. The summed E-state index contributed by atoms with van der Waals surface area (Å²) in [7, 11) is 0. The molecule has 0 saturated carbocycles. The van der Waals surface area contributed by atoms with Crippen molar-refractivity contribution in [2.45, 2.75) is 59.0 Å². The number of likely N-dealkylation sites (tertiary alicyclic amines) is 1. The fourth-order valence-corrected chi connectivity index (χ4v) is 3.44. The zero-order chi connectivity index (χ0) is 18.8. The van der Waals surface area contributed by atoms with Crippen molar-refractivity contribution < 1.29 is 19.1 Å². The molecule has 2 saturated heterocycles. The van der Waals surface area contributed by atoms with Gasteiger partial charge in [-0.15, -0.1) is 0 Å². The molecule has 0 bridgehead atoms. The van der Waals surface area contributed by atoms with Crippen LogP contribution in [0.3, 0.4) is 0 Å². The number of urea groups is 1. The molecule has 2 heterocycles. The molecular weight excluding hydrogens is 322 g/mol. The SMILES string of the molecule is CC(C)COC(=O)C(C)N1C(=O)NC2(CCN(CC(C)C)CC2)C1=O. The molecule has 0 aromatic carbocycles. The number of esters is 1. The maximum atomic E-state index is 12.9. The van der Waals surface area contributed by atoms with E-state index in [-0.39, 0.29) is 18.4 Å². The lowest BCUT2D eigenvalue weighted by Gasteiger charge is -2.38. The summed E-state index contributed by atoms with van der Waals surface area (Å²) < 4.78 is 5.19. The third-order valence-corrected chi connectivity index (χ3v) is 4.81. The van der Waals surface area contributed by atoms with Gasteiger partial charge in [0.05, 0.1) is 6.61 Å². The van der Waals surface area contributed by atoms with Crippen LogP contribution in [0.1, 0.15) is 47.5 Å². The van der Waals surface area contributed by atoms with Gasteiger partial charge < -0.3 is 15.0 Å². The van der Waals surface area contributed by atoms with E-state index in [4.69, 9.17) is 4.74 Å². The number of imide groups is 1. The normalized spacial score (nSPS) is 22.0. The molecule has 3 amide bonds. The molecule has 0 aromatic heterocycles. The Hall–Kier alpha value is -1.63. The summed E-state index contributed by atoms with van der Waals surface area (Å²) in [5.74, 6) is -0.0618. The third-order valence-electron chi connectivity index (χ3n) is 4.81. The van der Waals surface area contributed by atoms with Crippen molar-refractivity contribution in [3.63, 3.8) is 0 Å². The van der Waals surface area contributed by atoms with Crippen molar-refractivity contribution >= 4 is 17.9 Å². The Morgan fingerprint density at radius 3 is 2.24 bits per heavy atom. The molecule has 25 heavy (non-hydrogen) atoms. The molecule has 1 atom stereocenters. The summed E-state index contributed by atoms with van der Waals surface area (Å²) in [4.78, 5) is 40.8. The molecule has 1 spiro atoms. The quantitative estimate of drug-likeness (QED) is 0.580. The molecule has 7 nitrogen and oxygen atoms in total. The van der Waals surface area contributed by atoms with Crippen LogP contribution in [0.25, 0.3) is 0 Å². The minimum absolute atomic E-state index is 0.205. The minimum Gasteiger partial charge on any atom is -0.464 e. The second-order valence-electron chi connectivity index (χ2n) is 8.08. The maximum Gasteiger partial charge on any atom is 0.329 e. The van der Waals surface area contributed by atoms with E-state index in [0.29, 0.717) is 18.8 Å². The molecule has 2 fully saturated rings. The summed E-state index contributed by atoms with van der Waals surface area (Å²) in [5, 5.41) is 2.85. The van der Waals surface area contributed by atoms with E-state index in [9.17, 15) is 14.4 Å². The molecule has 142 valence electrons. The molecular formula is C18H31N3O4. The Bertz CT molecular complexity index is 524. The zero-order valence-corrected chi connectivity index (χ0v) is 16.0. The summed E-state index contributed by atoms with van der Waals surface area (Å²) in [6.45, 7) is 12.6. The van der Waals surface area contributed by atoms with Crippen LogP contribution in [0.15, 0.2) is 0 Å². The number of amides is 3. The van der Waals surface area contributed by atoms with Crippen molar-refractivity contribution in [3.8, 4) is 0 Å². The van der Waals surface area contributed by atoms with Crippen LogP contribution >= 0.6 is 0 Å². The Morgan fingerprint density at radius 1 is 1.12 bits per heavy atom. The summed E-state index contributed by atoms with van der Waals surface area (Å²) in [5.41, 5.74) is -0.864. The van der Waals surface area contributed by atoms with Crippen LogP contribution < -0.4 is 5.32 Å². The van der Waals surface area contributed by atoms with Crippen LogP contribution in [0.4, 0.5) is 4.79 Å². The number of piperidine rings is 1. The molecule has 1 N–H and O–H groups in total. The third kappa shape index (κ3) is 4.32. The molecule has 0 radical (unpaired) electrons. The highest BCUT2D eigenvalue weighted by Crippen LogP contribution is 2.31. The first-order chi connectivity index (χ1) is 11.7. The molecule has 2 aliphatic rings. The number of hydrogen-bond acceptors (Lipinski definition) is 5. The predicted octanol–water partition coefficient (Wildman–Crippen LogP) is 1.62. The number of rotatable bonds is 6. The summed E-state index contributed by atoms with van der Waals surface area (Å²) >= 11 is 0. The van der Waals surface area contributed by atoms with E-state index in [1.807, 2.05) is 13.8 Å². The lowest BCUT2D eigenvalue weighted by Crippen LogP contribution is -2.55. The van der Waals surface area contributed by atoms with Crippen LogP contribution in [-0.2, 0) is 14.3 Å². The zero-order valence-electron chi connectivity index (χ0n) is 16.0. The van der Waals surface area contributed by atoms with Gasteiger partial charge in [-0.05, 0) is 31.6 Å². The van der Waals surface area contributed by atoms with Crippen molar-refractivity contribution in [1.82, 2.24) is 15.1 Å². The van der Waals surface area contributed by atoms with E-state index in [0.717, 1.165) is 24.5 Å². The highest BCUT2D eigenvalue weighted by Gasteiger charge is 2.54.